The molecule has 4 rings (SSSR count). The van der Waals surface area contributed by atoms with E-state index in [-0.39, 0.29) is 0 Å². The third-order valence-corrected chi connectivity index (χ3v) is 4.04. The summed E-state index contributed by atoms with van der Waals surface area (Å²) in [4.78, 5) is 13.8. The molecule has 0 amide bonds. The van der Waals surface area contributed by atoms with Gasteiger partial charge in [0, 0.05) is 11.6 Å². The number of benzene rings is 1. The number of rotatable bonds is 4. The highest BCUT2D eigenvalue weighted by atomic mass is 16.4. The average molecular weight is 284 g/mol. The summed E-state index contributed by atoms with van der Waals surface area (Å²) in [5.74, 6) is 2.93. The second-order valence-corrected chi connectivity index (χ2v) is 5.70. The predicted molar refractivity (Wildman–Crippen MR) is 79.4 cm³/mol. The quantitative estimate of drug-likeness (QED) is 0.769. The van der Waals surface area contributed by atoms with Crippen LogP contribution in [-0.4, -0.2) is 4.98 Å². The highest BCUT2D eigenvalue weighted by molar-refractivity contribution is 5.76. The normalized spacial score (nSPS) is 20.8. The molecule has 5 nitrogen and oxygen atoms in total. The van der Waals surface area contributed by atoms with Gasteiger partial charge in [0.25, 0.3) is 0 Å². The Morgan fingerprint density at radius 3 is 2.95 bits per heavy atom. The Labute approximate surface area is 121 Å². The Kier molecular flexibility index (Phi) is 2.67. The van der Waals surface area contributed by atoms with Crippen molar-refractivity contribution in [3.05, 3.63) is 52.4 Å². The zero-order valence-electron chi connectivity index (χ0n) is 11.7. The molecule has 5 heteroatoms. The molecule has 0 spiro atoms. The van der Waals surface area contributed by atoms with Crippen LogP contribution in [-0.2, 0) is 6.54 Å². The van der Waals surface area contributed by atoms with Gasteiger partial charge in [-0.2, -0.15) is 0 Å². The molecule has 2 aromatic heterocycles. The van der Waals surface area contributed by atoms with Crippen molar-refractivity contribution in [2.45, 2.75) is 25.8 Å². The number of fused-ring (bicyclic) bond motifs is 1. The van der Waals surface area contributed by atoms with E-state index in [0.29, 0.717) is 23.6 Å². The second-order valence-electron chi connectivity index (χ2n) is 5.70. The van der Waals surface area contributed by atoms with Gasteiger partial charge in [0.15, 0.2) is 5.58 Å². The topological polar surface area (TPSA) is 71.2 Å². The second kappa shape index (κ2) is 4.55. The monoisotopic (exact) mass is 284 g/mol. The maximum atomic E-state index is 11.1. The first-order valence-corrected chi connectivity index (χ1v) is 7.14. The molecule has 0 aliphatic heterocycles. The summed E-state index contributed by atoms with van der Waals surface area (Å²) in [5.41, 5.74) is 2.17. The van der Waals surface area contributed by atoms with E-state index in [2.05, 4.69) is 23.3 Å². The Morgan fingerprint density at radius 2 is 2.14 bits per heavy atom. The van der Waals surface area contributed by atoms with Crippen molar-refractivity contribution < 1.29 is 8.83 Å². The number of anilines is 1. The van der Waals surface area contributed by atoms with E-state index in [4.69, 9.17) is 8.83 Å². The van der Waals surface area contributed by atoms with Gasteiger partial charge >= 0.3 is 5.76 Å². The summed E-state index contributed by atoms with van der Waals surface area (Å²) in [5, 5.41) is 3.29. The van der Waals surface area contributed by atoms with Crippen molar-refractivity contribution in [1.29, 1.82) is 0 Å². The highest BCUT2D eigenvalue weighted by Crippen LogP contribution is 2.47. The van der Waals surface area contributed by atoms with Crippen LogP contribution >= 0.6 is 0 Å². The van der Waals surface area contributed by atoms with Crippen molar-refractivity contribution in [3.8, 4) is 0 Å². The van der Waals surface area contributed by atoms with Crippen molar-refractivity contribution in [1.82, 2.24) is 4.98 Å². The summed E-state index contributed by atoms with van der Waals surface area (Å²) in [6.07, 6.45) is 1.23. The average Bonchev–Trinajstić information content (AvgIpc) is 2.89. The van der Waals surface area contributed by atoms with Crippen LogP contribution in [0, 0.1) is 5.92 Å². The fourth-order valence-corrected chi connectivity index (χ4v) is 2.66. The van der Waals surface area contributed by atoms with Crippen LogP contribution < -0.4 is 11.1 Å². The molecular weight excluding hydrogens is 268 g/mol. The van der Waals surface area contributed by atoms with Gasteiger partial charge < -0.3 is 14.2 Å². The summed E-state index contributed by atoms with van der Waals surface area (Å²) in [6.45, 7) is 2.86. The summed E-state index contributed by atoms with van der Waals surface area (Å²) in [7, 11) is 0. The number of nitrogens with one attached hydrogen (secondary N) is 2. The smallest absolute Gasteiger partial charge is 0.417 e. The van der Waals surface area contributed by atoms with Gasteiger partial charge in [0.2, 0.25) is 0 Å². The van der Waals surface area contributed by atoms with Crippen LogP contribution in [0.5, 0.6) is 0 Å². The molecule has 108 valence electrons. The lowest BCUT2D eigenvalue weighted by Crippen LogP contribution is -1.98. The third-order valence-electron chi connectivity index (χ3n) is 4.04. The van der Waals surface area contributed by atoms with Gasteiger partial charge in [0.05, 0.1) is 12.1 Å². The molecule has 0 bridgehead atoms. The molecular formula is C16H16N2O3. The molecule has 1 saturated carbocycles. The Morgan fingerprint density at radius 1 is 1.29 bits per heavy atom. The number of aromatic amines is 1. The van der Waals surface area contributed by atoms with Crippen molar-refractivity contribution in [3.63, 3.8) is 0 Å². The molecule has 1 aliphatic rings. The Hall–Kier alpha value is -2.43. The van der Waals surface area contributed by atoms with Gasteiger partial charge in [-0.1, -0.05) is 6.92 Å². The van der Waals surface area contributed by atoms with Crippen LogP contribution in [0.15, 0.2) is 44.0 Å². The maximum Gasteiger partial charge on any atom is 0.417 e. The molecule has 3 aromatic rings. The SMILES string of the molecule is CC1CC1c1ccc(CNc2ccc3oc(=O)[nH]c3c2)o1. The lowest BCUT2D eigenvalue weighted by molar-refractivity contribution is 0.468. The zero-order valence-corrected chi connectivity index (χ0v) is 11.7. The standard InChI is InChI=1S/C16H16N2O3/c1-9-6-12(9)14-5-3-11(20-14)8-17-10-2-4-15-13(7-10)18-16(19)21-15/h2-5,7,9,12,17H,6,8H2,1H3,(H,18,19). The molecule has 1 aromatic carbocycles. The van der Waals surface area contributed by atoms with Crippen molar-refractivity contribution >= 4 is 16.8 Å². The largest absolute Gasteiger partial charge is 0.464 e. The van der Waals surface area contributed by atoms with Gasteiger partial charge in [0.1, 0.15) is 11.5 Å². The van der Waals surface area contributed by atoms with Gasteiger partial charge in [-0.3, -0.25) is 4.98 Å². The van der Waals surface area contributed by atoms with E-state index in [1.165, 1.54) is 6.42 Å². The first kappa shape index (κ1) is 12.3. The van der Waals surface area contributed by atoms with Crippen LogP contribution in [0.1, 0.15) is 30.8 Å². The third kappa shape index (κ3) is 2.35. The van der Waals surface area contributed by atoms with E-state index in [1.807, 2.05) is 18.2 Å². The predicted octanol–water partition coefficient (Wildman–Crippen LogP) is 3.45. The molecule has 2 atom stereocenters. The summed E-state index contributed by atoms with van der Waals surface area (Å²) >= 11 is 0. The number of hydrogen-bond acceptors (Lipinski definition) is 4. The van der Waals surface area contributed by atoms with E-state index >= 15 is 0 Å². The highest BCUT2D eigenvalue weighted by Gasteiger charge is 2.36. The van der Waals surface area contributed by atoms with E-state index in [1.54, 1.807) is 6.07 Å². The minimum atomic E-state index is -0.434. The molecule has 2 unspecified atom stereocenters. The molecule has 21 heavy (non-hydrogen) atoms. The summed E-state index contributed by atoms with van der Waals surface area (Å²) < 4.78 is 10.8. The van der Waals surface area contributed by atoms with Crippen molar-refractivity contribution in [2.24, 2.45) is 5.92 Å². The molecule has 0 saturated heterocycles. The van der Waals surface area contributed by atoms with Crippen LogP contribution in [0.3, 0.4) is 0 Å². The number of hydrogen-bond donors (Lipinski definition) is 2. The first-order chi connectivity index (χ1) is 10.2. The number of oxazole rings is 1. The van der Waals surface area contributed by atoms with Crippen LogP contribution in [0.4, 0.5) is 5.69 Å². The molecule has 2 N–H and O–H groups in total. The molecule has 0 radical (unpaired) electrons. The van der Waals surface area contributed by atoms with E-state index < -0.39 is 5.76 Å². The minimum absolute atomic E-state index is 0.434. The fraction of sp³-hybridized carbons (Fsp3) is 0.312. The van der Waals surface area contributed by atoms with Gasteiger partial charge in [-0.25, -0.2) is 4.79 Å². The number of furan rings is 1. The fourth-order valence-electron chi connectivity index (χ4n) is 2.66. The van der Waals surface area contributed by atoms with Crippen molar-refractivity contribution in [2.75, 3.05) is 5.32 Å². The minimum Gasteiger partial charge on any atom is -0.464 e. The van der Waals surface area contributed by atoms with Gasteiger partial charge in [-0.05, 0) is 42.7 Å². The number of aromatic nitrogens is 1. The lowest BCUT2D eigenvalue weighted by atomic mass is 10.2. The molecule has 1 aliphatic carbocycles. The lowest BCUT2D eigenvalue weighted by Gasteiger charge is -2.04. The zero-order chi connectivity index (χ0) is 14.4. The van der Waals surface area contributed by atoms with Gasteiger partial charge in [-0.15, -0.1) is 0 Å². The number of H-pyrrole nitrogens is 1. The Bertz CT molecular complexity index is 842. The molecule has 1 fully saturated rings. The maximum absolute atomic E-state index is 11.1. The molecule has 2 heterocycles. The first-order valence-electron chi connectivity index (χ1n) is 7.14. The van der Waals surface area contributed by atoms with Crippen LogP contribution in [0.25, 0.3) is 11.1 Å². The van der Waals surface area contributed by atoms with Crippen LogP contribution in [0.2, 0.25) is 0 Å². The van der Waals surface area contributed by atoms with E-state index in [9.17, 15) is 4.79 Å². The van der Waals surface area contributed by atoms with E-state index in [0.717, 1.165) is 23.1 Å². The summed E-state index contributed by atoms with van der Waals surface area (Å²) in [6, 6.07) is 9.60. The Balaban J connectivity index is 1.47.